The molecule has 1 aliphatic rings. The molecule has 1 saturated heterocycles. The molecule has 2 N–H and O–H groups in total. The summed E-state index contributed by atoms with van der Waals surface area (Å²) in [5.74, 6) is -0.300. The molecule has 1 aromatic carbocycles. The fourth-order valence-corrected chi connectivity index (χ4v) is 3.06. The van der Waals surface area contributed by atoms with Crippen LogP contribution in [0.15, 0.2) is 53.5 Å². The van der Waals surface area contributed by atoms with Crippen molar-refractivity contribution in [3.63, 3.8) is 0 Å². The molecule has 0 bridgehead atoms. The van der Waals surface area contributed by atoms with Crippen molar-refractivity contribution in [2.45, 2.75) is 25.4 Å². The number of benzene rings is 1. The van der Waals surface area contributed by atoms with E-state index in [1.165, 1.54) is 11.8 Å². The number of hydrogen-bond donors (Lipinski definition) is 2. The number of carbonyl (C=O) groups excluding carboxylic acids is 1. The van der Waals surface area contributed by atoms with Gasteiger partial charge in [0.1, 0.15) is 5.56 Å². The van der Waals surface area contributed by atoms with Crippen LogP contribution >= 0.6 is 0 Å². The van der Waals surface area contributed by atoms with Gasteiger partial charge in [-0.1, -0.05) is 30.3 Å². The van der Waals surface area contributed by atoms with Crippen LogP contribution in [0.2, 0.25) is 0 Å². The summed E-state index contributed by atoms with van der Waals surface area (Å²) < 4.78 is 0. The van der Waals surface area contributed by atoms with Gasteiger partial charge >= 0.3 is 0 Å². The molecule has 1 aromatic heterocycles. The highest BCUT2D eigenvalue weighted by Crippen LogP contribution is 2.24. The van der Waals surface area contributed by atoms with Crippen LogP contribution in [-0.2, 0) is 0 Å². The van der Waals surface area contributed by atoms with Crippen molar-refractivity contribution >= 4 is 5.91 Å². The summed E-state index contributed by atoms with van der Waals surface area (Å²) in [6.45, 7) is 3.92. The van der Waals surface area contributed by atoms with Crippen molar-refractivity contribution in [2.75, 3.05) is 13.1 Å². The Morgan fingerprint density at radius 2 is 2.04 bits per heavy atom. The number of carbonyl (C=O) groups is 1. The highest BCUT2D eigenvalue weighted by atomic mass is 16.2. The first-order valence-corrected chi connectivity index (χ1v) is 7.92. The largest absolute Gasteiger partial charge is 0.348 e. The molecule has 2 atom stereocenters. The fourth-order valence-electron chi connectivity index (χ4n) is 3.06. The number of aromatic amines is 1. The van der Waals surface area contributed by atoms with Gasteiger partial charge in [0.15, 0.2) is 0 Å². The third-order valence-electron chi connectivity index (χ3n) is 4.45. The Hall–Kier alpha value is -2.40. The minimum absolute atomic E-state index is 0.0771. The summed E-state index contributed by atoms with van der Waals surface area (Å²) >= 11 is 0. The van der Waals surface area contributed by atoms with E-state index in [0.29, 0.717) is 6.04 Å². The lowest BCUT2D eigenvalue weighted by atomic mass is 10.1. The fraction of sp³-hybridized carbons (Fsp3) is 0.333. The van der Waals surface area contributed by atoms with E-state index < -0.39 is 0 Å². The van der Waals surface area contributed by atoms with Gasteiger partial charge in [0.05, 0.1) is 0 Å². The SMILES string of the molecule is C[C@H](c1ccccc1)N1CC[C@H](NC(=O)c2ccc[nH]c2=O)C1. The number of H-pyrrole nitrogens is 1. The molecular formula is C18H21N3O2. The second kappa shape index (κ2) is 6.79. The summed E-state index contributed by atoms with van der Waals surface area (Å²) in [5, 5.41) is 2.97. The van der Waals surface area contributed by atoms with E-state index >= 15 is 0 Å². The van der Waals surface area contributed by atoms with E-state index in [-0.39, 0.29) is 23.1 Å². The molecule has 5 nitrogen and oxygen atoms in total. The Labute approximate surface area is 135 Å². The molecule has 0 radical (unpaired) electrons. The van der Waals surface area contributed by atoms with Crippen LogP contribution in [0.3, 0.4) is 0 Å². The standard InChI is InChI=1S/C18H21N3O2/c1-13(14-6-3-2-4-7-14)21-11-9-15(12-21)20-18(23)16-8-5-10-19-17(16)22/h2-8,10,13,15H,9,11-12H2,1H3,(H,19,22)(H,20,23)/t13-,15+/m1/s1. The van der Waals surface area contributed by atoms with Crippen molar-refractivity contribution in [3.8, 4) is 0 Å². The summed E-state index contributed by atoms with van der Waals surface area (Å²) in [6, 6.07) is 14.0. The van der Waals surface area contributed by atoms with Gasteiger partial charge in [0.25, 0.3) is 11.5 Å². The number of nitrogens with one attached hydrogen (secondary N) is 2. The maximum Gasteiger partial charge on any atom is 0.260 e. The van der Waals surface area contributed by atoms with Crippen molar-refractivity contribution in [3.05, 3.63) is 70.1 Å². The van der Waals surface area contributed by atoms with Crippen LogP contribution in [0, 0.1) is 0 Å². The van der Waals surface area contributed by atoms with Gasteiger partial charge in [0.2, 0.25) is 0 Å². The minimum atomic E-state index is -0.350. The first-order chi connectivity index (χ1) is 11.1. The molecule has 0 saturated carbocycles. The molecule has 2 aromatic rings. The molecule has 120 valence electrons. The molecule has 1 amide bonds. The summed E-state index contributed by atoms with van der Waals surface area (Å²) in [7, 11) is 0. The molecule has 0 unspecified atom stereocenters. The maximum absolute atomic E-state index is 12.2. The first-order valence-electron chi connectivity index (χ1n) is 7.92. The van der Waals surface area contributed by atoms with Gasteiger partial charge in [0, 0.05) is 31.4 Å². The lowest BCUT2D eigenvalue weighted by Crippen LogP contribution is -2.39. The maximum atomic E-state index is 12.2. The molecule has 5 heteroatoms. The second-order valence-electron chi connectivity index (χ2n) is 5.95. The van der Waals surface area contributed by atoms with Crippen molar-refractivity contribution in [1.82, 2.24) is 15.2 Å². The minimum Gasteiger partial charge on any atom is -0.348 e. The summed E-state index contributed by atoms with van der Waals surface area (Å²) in [4.78, 5) is 28.8. The quantitative estimate of drug-likeness (QED) is 0.907. The smallest absolute Gasteiger partial charge is 0.260 e. The van der Waals surface area contributed by atoms with Crippen molar-refractivity contribution in [1.29, 1.82) is 0 Å². The summed E-state index contributed by atoms with van der Waals surface area (Å²) in [6.07, 6.45) is 2.42. The molecule has 1 fully saturated rings. The van der Waals surface area contributed by atoms with Crippen LogP contribution < -0.4 is 10.9 Å². The number of aromatic nitrogens is 1. The summed E-state index contributed by atoms with van der Waals surface area (Å²) in [5.41, 5.74) is 1.10. The van der Waals surface area contributed by atoms with Gasteiger partial charge in [-0.25, -0.2) is 0 Å². The Morgan fingerprint density at radius 1 is 1.26 bits per heavy atom. The van der Waals surface area contributed by atoms with Crippen LogP contribution in [0.1, 0.15) is 35.3 Å². The van der Waals surface area contributed by atoms with E-state index in [2.05, 4.69) is 34.3 Å². The molecule has 23 heavy (non-hydrogen) atoms. The normalized spacial score (nSPS) is 19.4. The average molecular weight is 311 g/mol. The van der Waals surface area contributed by atoms with Crippen LogP contribution in [0.4, 0.5) is 0 Å². The lowest BCUT2D eigenvalue weighted by molar-refractivity contribution is 0.0935. The Bertz CT molecular complexity index is 726. The van der Waals surface area contributed by atoms with Crippen LogP contribution in [0.25, 0.3) is 0 Å². The monoisotopic (exact) mass is 311 g/mol. The Morgan fingerprint density at radius 3 is 2.78 bits per heavy atom. The molecule has 2 heterocycles. The first kappa shape index (κ1) is 15.5. The van der Waals surface area contributed by atoms with E-state index in [1.54, 1.807) is 12.1 Å². The number of rotatable bonds is 4. The average Bonchev–Trinajstić information content (AvgIpc) is 3.03. The molecular weight excluding hydrogens is 290 g/mol. The van der Waals surface area contributed by atoms with Crippen LogP contribution in [0.5, 0.6) is 0 Å². The molecule has 3 rings (SSSR count). The van der Waals surface area contributed by atoms with E-state index in [9.17, 15) is 9.59 Å². The second-order valence-corrected chi connectivity index (χ2v) is 5.95. The van der Waals surface area contributed by atoms with Gasteiger partial charge in [-0.05, 0) is 31.0 Å². The highest BCUT2D eigenvalue weighted by Gasteiger charge is 2.28. The number of nitrogens with zero attached hydrogens (tertiary/aromatic N) is 1. The predicted molar refractivity (Wildman–Crippen MR) is 89.4 cm³/mol. The molecule has 0 spiro atoms. The zero-order valence-electron chi connectivity index (χ0n) is 13.2. The Balaban J connectivity index is 1.61. The third kappa shape index (κ3) is 3.51. The van der Waals surface area contributed by atoms with Crippen LogP contribution in [-0.4, -0.2) is 34.9 Å². The van der Waals surface area contributed by atoms with Crippen molar-refractivity contribution < 1.29 is 4.79 Å². The van der Waals surface area contributed by atoms with Crippen molar-refractivity contribution in [2.24, 2.45) is 0 Å². The zero-order chi connectivity index (χ0) is 16.2. The number of hydrogen-bond acceptors (Lipinski definition) is 3. The molecule has 1 aliphatic heterocycles. The third-order valence-corrected chi connectivity index (χ3v) is 4.45. The zero-order valence-corrected chi connectivity index (χ0v) is 13.2. The van der Waals surface area contributed by atoms with E-state index in [4.69, 9.17) is 0 Å². The van der Waals surface area contributed by atoms with Gasteiger partial charge in [-0.2, -0.15) is 0 Å². The highest BCUT2D eigenvalue weighted by molar-refractivity contribution is 5.93. The topological polar surface area (TPSA) is 65.2 Å². The Kier molecular flexibility index (Phi) is 4.57. The van der Waals surface area contributed by atoms with Gasteiger partial charge < -0.3 is 10.3 Å². The lowest BCUT2D eigenvalue weighted by Gasteiger charge is -2.24. The van der Waals surface area contributed by atoms with Gasteiger partial charge in [-0.15, -0.1) is 0 Å². The van der Waals surface area contributed by atoms with Gasteiger partial charge in [-0.3, -0.25) is 14.5 Å². The van der Waals surface area contributed by atoms with E-state index in [1.807, 2.05) is 18.2 Å². The predicted octanol–water partition coefficient (Wildman–Crippen LogP) is 1.94. The molecule has 0 aliphatic carbocycles. The number of amides is 1. The van der Waals surface area contributed by atoms with E-state index in [0.717, 1.165) is 19.5 Å². The number of likely N-dealkylation sites (tertiary alicyclic amines) is 1. The number of pyridine rings is 1.